The van der Waals surface area contributed by atoms with Crippen molar-refractivity contribution in [2.75, 3.05) is 6.54 Å². The molecule has 3 aromatic rings. The van der Waals surface area contributed by atoms with Crippen LogP contribution in [0.5, 0.6) is 0 Å². The number of rotatable bonds is 4. The zero-order chi connectivity index (χ0) is 20.5. The highest BCUT2D eigenvalue weighted by Gasteiger charge is 2.32. The quantitative estimate of drug-likeness (QED) is 0.711. The second-order valence-corrected chi connectivity index (χ2v) is 7.81. The van der Waals surface area contributed by atoms with Crippen molar-refractivity contribution in [3.63, 3.8) is 0 Å². The molecule has 29 heavy (non-hydrogen) atoms. The van der Waals surface area contributed by atoms with Gasteiger partial charge in [-0.1, -0.05) is 44.2 Å². The third kappa shape index (κ3) is 3.62. The van der Waals surface area contributed by atoms with E-state index in [9.17, 15) is 14.0 Å². The molecule has 1 aliphatic heterocycles. The molecule has 0 unspecified atom stereocenters. The minimum Gasteiger partial charge on any atom is -0.358 e. The monoisotopic (exact) mass is 393 g/mol. The van der Waals surface area contributed by atoms with Crippen LogP contribution in [0.1, 0.15) is 35.5 Å². The van der Waals surface area contributed by atoms with Gasteiger partial charge in [0, 0.05) is 41.7 Å². The predicted molar refractivity (Wildman–Crippen MR) is 110 cm³/mol. The summed E-state index contributed by atoms with van der Waals surface area (Å²) >= 11 is 0. The molecule has 0 bridgehead atoms. The fourth-order valence-corrected chi connectivity index (χ4v) is 3.93. The number of benzene rings is 2. The first kappa shape index (κ1) is 19.2. The highest BCUT2D eigenvalue weighted by atomic mass is 19.1. The van der Waals surface area contributed by atoms with E-state index in [-0.39, 0.29) is 17.4 Å². The van der Waals surface area contributed by atoms with E-state index in [1.165, 1.54) is 18.2 Å². The Morgan fingerprint density at radius 3 is 2.59 bits per heavy atom. The Morgan fingerprint density at radius 2 is 1.83 bits per heavy atom. The number of H-pyrrole nitrogens is 1. The molecule has 6 heteroatoms. The molecule has 0 spiro atoms. The van der Waals surface area contributed by atoms with Gasteiger partial charge in [0.2, 0.25) is 5.91 Å². The van der Waals surface area contributed by atoms with Gasteiger partial charge >= 0.3 is 0 Å². The molecule has 2 aromatic carbocycles. The van der Waals surface area contributed by atoms with Gasteiger partial charge in [0.25, 0.3) is 5.91 Å². The van der Waals surface area contributed by atoms with Crippen LogP contribution in [0.3, 0.4) is 0 Å². The molecule has 1 aliphatic rings. The van der Waals surface area contributed by atoms with Crippen LogP contribution in [0.25, 0.3) is 10.9 Å². The Bertz CT molecular complexity index is 1070. The summed E-state index contributed by atoms with van der Waals surface area (Å²) in [5, 5.41) is 3.87. The van der Waals surface area contributed by atoms with E-state index in [1.54, 1.807) is 11.0 Å². The number of aromatic nitrogens is 1. The SMILES string of the molecule is CC(C)[C@H](NC(=O)c1ccccc1F)C(=O)N1CCc2[nH]c3ccccc3c2C1. The lowest BCUT2D eigenvalue weighted by Crippen LogP contribution is -2.52. The van der Waals surface area contributed by atoms with Gasteiger partial charge in [-0.25, -0.2) is 4.39 Å². The Balaban J connectivity index is 1.55. The maximum atomic E-state index is 14.0. The van der Waals surface area contributed by atoms with Gasteiger partial charge in [0.1, 0.15) is 11.9 Å². The Labute approximate surface area is 168 Å². The third-order valence-corrected chi connectivity index (χ3v) is 5.53. The first-order valence-corrected chi connectivity index (χ1v) is 9.88. The first-order valence-electron chi connectivity index (χ1n) is 9.88. The number of halogens is 1. The number of hydrogen-bond acceptors (Lipinski definition) is 2. The topological polar surface area (TPSA) is 65.2 Å². The number of para-hydroxylation sites is 1. The predicted octanol–water partition coefficient (Wildman–Crippen LogP) is 3.65. The number of amides is 2. The van der Waals surface area contributed by atoms with Gasteiger partial charge < -0.3 is 15.2 Å². The summed E-state index contributed by atoms with van der Waals surface area (Å²) in [7, 11) is 0. The molecule has 5 nitrogen and oxygen atoms in total. The summed E-state index contributed by atoms with van der Waals surface area (Å²) in [6, 6.07) is 13.1. The second kappa shape index (κ2) is 7.70. The lowest BCUT2D eigenvalue weighted by Gasteiger charge is -2.32. The van der Waals surface area contributed by atoms with Crippen LogP contribution in [0, 0.1) is 11.7 Å². The van der Waals surface area contributed by atoms with Crippen molar-refractivity contribution in [3.8, 4) is 0 Å². The summed E-state index contributed by atoms with van der Waals surface area (Å²) in [4.78, 5) is 31.1. The van der Waals surface area contributed by atoms with Crippen molar-refractivity contribution < 1.29 is 14.0 Å². The summed E-state index contributed by atoms with van der Waals surface area (Å²) in [6.07, 6.45) is 0.738. The average molecular weight is 393 g/mol. The lowest BCUT2D eigenvalue weighted by molar-refractivity contribution is -0.135. The van der Waals surface area contributed by atoms with Crippen molar-refractivity contribution in [2.45, 2.75) is 32.9 Å². The van der Waals surface area contributed by atoms with Crippen molar-refractivity contribution in [1.29, 1.82) is 0 Å². The smallest absolute Gasteiger partial charge is 0.254 e. The molecule has 150 valence electrons. The number of nitrogens with zero attached hydrogens (tertiary/aromatic N) is 1. The average Bonchev–Trinajstić information content (AvgIpc) is 3.09. The molecule has 0 radical (unpaired) electrons. The molecular weight excluding hydrogens is 369 g/mol. The molecule has 2 heterocycles. The minimum absolute atomic E-state index is 0.0523. The summed E-state index contributed by atoms with van der Waals surface area (Å²) in [5.74, 6) is -1.43. The molecule has 2 amide bonds. The summed E-state index contributed by atoms with van der Waals surface area (Å²) < 4.78 is 14.0. The van der Waals surface area contributed by atoms with E-state index in [1.807, 2.05) is 32.0 Å². The molecule has 2 N–H and O–H groups in total. The zero-order valence-electron chi connectivity index (χ0n) is 16.5. The number of carbonyl (C=O) groups excluding carboxylic acids is 2. The Hall–Kier alpha value is -3.15. The normalized spacial score (nSPS) is 14.7. The third-order valence-electron chi connectivity index (χ3n) is 5.53. The van der Waals surface area contributed by atoms with Crippen LogP contribution in [0.4, 0.5) is 4.39 Å². The van der Waals surface area contributed by atoms with Crippen LogP contribution in [-0.2, 0) is 17.8 Å². The van der Waals surface area contributed by atoms with Crippen molar-refractivity contribution in [2.24, 2.45) is 5.92 Å². The fraction of sp³-hybridized carbons (Fsp3) is 0.304. The van der Waals surface area contributed by atoms with E-state index in [2.05, 4.69) is 16.4 Å². The van der Waals surface area contributed by atoms with E-state index >= 15 is 0 Å². The van der Waals surface area contributed by atoms with Crippen LogP contribution >= 0.6 is 0 Å². The molecule has 0 saturated carbocycles. The van der Waals surface area contributed by atoms with Gasteiger partial charge in [0.15, 0.2) is 0 Å². The maximum absolute atomic E-state index is 14.0. The van der Waals surface area contributed by atoms with Gasteiger partial charge in [-0.3, -0.25) is 9.59 Å². The molecule has 0 fully saturated rings. The molecule has 1 atom stereocenters. The van der Waals surface area contributed by atoms with Crippen LogP contribution in [0.15, 0.2) is 48.5 Å². The van der Waals surface area contributed by atoms with Gasteiger partial charge in [-0.15, -0.1) is 0 Å². The summed E-state index contributed by atoms with van der Waals surface area (Å²) in [6.45, 7) is 4.84. The highest BCUT2D eigenvalue weighted by molar-refractivity contribution is 5.98. The summed E-state index contributed by atoms with van der Waals surface area (Å²) in [5.41, 5.74) is 3.30. The molecular formula is C23H24FN3O2. The number of carbonyl (C=O) groups is 2. The maximum Gasteiger partial charge on any atom is 0.254 e. The standard InChI is InChI=1S/C23H24FN3O2/c1-14(2)21(26-22(28)16-8-3-5-9-18(16)24)23(29)27-12-11-20-17(13-27)15-7-4-6-10-19(15)25-20/h3-10,14,21,25H,11-13H2,1-2H3,(H,26,28)/t21-/m0/s1. The van der Waals surface area contributed by atoms with E-state index in [4.69, 9.17) is 0 Å². The van der Waals surface area contributed by atoms with E-state index in [0.29, 0.717) is 13.1 Å². The molecule has 0 saturated heterocycles. The molecule has 1 aromatic heterocycles. The fourth-order valence-electron chi connectivity index (χ4n) is 3.93. The largest absolute Gasteiger partial charge is 0.358 e. The van der Waals surface area contributed by atoms with Gasteiger partial charge in [-0.2, -0.15) is 0 Å². The van der Waals surface area contributed by atoms with E-state index < -0.39 is 17.8 Å². The van der Waals surface area contributed by atoms with Crippen LogP contribution in [-0.4, -0.2) is 34.3 Å². The second-order valence-electron chi connectivity index (χ2n) is 7.81. The molecule has 4 rings (SSSR count). The highest BCUT2D eigenvalue weighted by Crippen LogP contribution is 2.28. The number of hydrogen-bond donors (Lipinski definition) is 2. The Kier molecular flexibility index (Phi) is 5.09. The number of aromatic amines is 1. The van der Waals surface area contributed by atoms with E-state index in [0.717, 1.165) is 28.6 Å². The zero-order valence-corrected chi connectivity index (χ0v) is 16.5. The van der Waals surface area contributed by atoms with Gasteiger partial charge in [-0.05, 0) is 24.1 Å². The van der Waals surface area contributed by atoms with Crippen molar-refractivity contribution in [3.05, 3.63) is 71.2 Å². The number of nitrogens with one attached hydrogen (secondary N) is 2. The molecule has 0 aliphatic carbocycles. The van der Waals surface area contributed by atoms with Crippen LogP contribution < -0.4 is 5.32 Å². The number of fused-ring (bicyclic) bond motifs is 3. The van der Waals surface area contributed by atoms with Crippen molar-refractivity contribution in [1.82, 2.24) is 15.2 Å². The first-order chi connectivity index (χ1) is 14.0. The van der Waals surface area contributed by atoms with Crippen LogP contribution in [0.2, 0.25) is 0 Å². The lowest BCUT2D eigenvalue weighted by atomic mass is 9.99. The Morgan fingerprint density at radius 1 is 1.10 bits per heavy atom. The van der Waals surface area contributed by atoms with Gasteiger partial charge in [0.05, 0.1) is 5.56 Å². The minimum atomic E-state index is -0.714. The van der Waals surface area contributed by atoms with Crippen molar-refractivity contribution >= 4 is 22.7 Å².